The Morgan fingerprint density at radius 3 is 2.80 bits per heavy atom. The van der Waals surface area contributed by atoms with Gasteiger partial charge in [0.15, 0.2) is 0 Å². The number of hydrogen-bond acceptors (Lipinski definition) is 8. The first-order valence-corrected chi connectivity index (χ1v) is 8.61. The topological polar surface area (TPSA) is 90.0 Å². The summed E-state index contributed by atoms with van der Waals surface area (Å²) in [6.07, 6.45) is 1.16. The number of methoxy groups -OCH3 is 1. The van der Waals surface area contributed by atoms with Crippen molar-refractivity contribution in [2.75, 3.05) is 20.3 Å². The van der Waals surface area contributed by atoms with E-state index in [-0.39, 0.29) is 17.6 Å². The van der Waals surface area contributed by atoms with Gasteiger partial charge in [-0.05, 0) is 20.8 Å². The van der Waals surface area contributed by atoms with Crippen LogP contribution < -0.4 is 5.48 Å². The molecule has 0 bridgehead atoms. The number of nitrogens with zero attached hydrogens (tertiary/aromatic N) is 2. The van der Waals surface area contributed by atoms with Gasteiger partial charge in [-0.1, -0.05) is 6.08 Å². The summed E-state index contributed by atoms with van der Waals surface area (Å²) in [7, 11) is 1.30. The summed E-state index contributed by atoms with van der Waals surface area (Å²) in [5, 5.41) is 0.244. The molecule has 0 radical (unpaired) electrons. The average Bonchev–Trinajstić information content (AvgIpc) is 2.96. The molecule has 0 saturated carbocycles. The number of thiazole rings is 1. The van der Waals surface area contributed by atoms with E-state index in [1.165, 1.54) is 23.3 Å². The van der Waals surface area contributed by atoms with E-state index in [9.17, 15) is 9.59 Å². The third-order valence-electron chi connectivity index (χ3n) is 3.23. The smallest absolute Gasteiger partial charge is 0.410 e. The maximum atomic E-state index is 12.4. The first kappa shape index (κ1) is 19.4. The molecule has 1 N–H and O–H groups in total. The molecule has 25 heavy (non-hydrogen) atoms. The van der Waals surface area contributed by atoms with E-state index in [0.29, 0.717) is 18.8 Å². The van der Waals surface area contributed by atoms with Crippen LogP contribution in [-0.4, -0.2) is 47.8 Å². The quantitative estimate of drug-likeness (QED) is 0.369. The van der Waals surface area contributed by atoms with Crippen LogP contribution in [-0.2, 0) is 20.9 Å². The highest BCUT2D eigenvalue weighted by atomic mass is 32.1. The predicted molar refractivity (Wildman–Crippen MR) is 92.1 cm³/mol. The van der Waals surface area contributed by atoms with Gasteiger partial charge < -0.3 is 14.4 Å². The number of ether oxygens (including phenoxy) is 2. The maximum Gasteiger partial charge on any atom is 0.410 e. The molecule has 1 aliphatic rings. The van der Waals surface area contributed by atoms with Crippen molar-refractivity contribution in [3.8, 4) is 0 Å². The monoisotopic (exact) mass is 369 g/mol. The number of rotatable bonds is 5. The number of esters is 1. The zero-order chi connectivity index (χ0) is 18.6. The second kappa shape index (κ2) is 7.94. The zero-order valence-electron chi connectivity index (χ0n) is 14.8. The van der Waals surface area contributed by atoms with Crippen LogP contribution in [0.15, 0.2) is 12.7 Å². The number of aromatic nitrogens is 1. The largest absolute Gasteiger partial charge is 0.464 e. The molecule has 1 atom stereocenters. The summed E-state index contributed by atoms with van der Waals surface area (Å²) >= 11 is 1.23. The molecule has 1 aromatic rings. The summed E-state index contributed by atoms with van der Waals surface area (Å²) in [5.41, 5.74) is 2.92. The molecule has 0 aromatic carbocycles. The van der Waals surface area contributed by atoms with Crippen molar-refractivity contribution in [2.45, 2.75) is 39.0 Å². The van der Waals surface area contributed by atoms with Crippen molar-refractivity contribution in [3.63, 3.8) is 0 Å². The Bertz CT molecular complexity index is 653. The number of carbonyl (C=O) groups is 2. The van der Waals surface area contributed by atoms with Crippen LogP contribution in [0.2, 0.25) is 0 Å². The fraction of sp³-hybridized carbons (Fsp3) is 0.562. The molecule has 9 heteroatoms. The molecule has 2 rings (SSSR count). The molecule has 0 fully saturated rings. The minimum Gasteiger partial charge on any atom is -0.464 e. The lowest BCUT2D eigenvalue weighted by Crippen LogP contribution is -2.44. The Morgan fingerprint density at radius 1 is 1.48 bits per heavy atom. The number of hydrogen-bond donors (Lipinski definition) is 1. The lowest BCUT2D eigenvalue weighted by atomic mass is 10.1. The minimum absolute atomic E-state index is 0.244. The van der Waals surface area contributed by atoms with Crippen molar-refractivity contribution in [2.24, 2.45) is 0 Å². The van der Waals surface area contributed by atoms with E-state index in [4.69, 9.17) is 14.3 Å². The standard InChI is InChI=1S/C16H23N3O5S/c1-6-7-23-18-11-9-19(15(21)24-16(2,3)4)8-10-12(11)25-13(17-10)14(20)22-5/h6,11,18H,1,7-9H2,2-5H3. The summed E-state index contributed by atoms with van der Waals surface area (Å²) in [5.74, 6) is -0.506. The lowest BCUT2D eigenvalue weighted by Gasteiger charge is -2.33. The third kappa shape index (κ3) is 5.00. The van der Waals surface area contributed by atoms with Crippen LogP contribution in [0.3, 0.4) is 0 Å². The summed E-state index contributed by atoms with van der Waals surface area (Å²) < 4.78 is 10.2. The lowest BCUT2D eigenvalue weighted by molar-refractivity contribution is -0.00137. The van der Waals surface area contributed by atoms with Gasteiger partial charge in [-0.25, -0.2) is 14.6 Å². The molecule has 0 aliphatic carbocycles. The van der Waals surface area contributed by atoms with Crippen LogP contribution in [0.1, 0.15) is 47.2 Å². The molecule has 0 saturated heterocycles. The van der Waals surface area contributed by atoms with Crippen LogP contribution in [0, 0.1) is 0 Å². The summed E-state index contributed by atoms with van der Waals surface area (Å²) in [6, 6.07) is -0.327. The van der Waals surface area contributed by atoms with Crippen LogP contribution >= 0.6 is 11.3 Å². The molecule has 1 aliphatic heterocycles. The zero-order valence-corrected chi connectivity index (χ0v) is 15.6. The molecule has 1 aromatic heterocycles. The first-order valence-electron chi connectivity index (χ1n) is 7.79. The number of amides is 1. The van der Waals surface area contributed by atoms with E-state index < -0.39 is 17.7 Å². The van der Waals surface area contributed by atoms with E-state index in [2.05, 4.69) is 17.0 Å². The van der Waals surface area contributed by atoms with Crippen molar-refractivity contribution in [3.05, 3.63) is 28.2 Å². The van der Waals surface area contributed by atoms with Gasteiger partial charge in [0.2, 0.25) is 5.01 Å². The second-order valence-electron chi connectivity index (χ2n) is 6.45. The number of fused-ring (bicyclic) bond motifs is 1. The van der Waals surface area contributed by atoms with Crippen LogP contribution in [0.5, 0.6) is 0 Å². The van der Waals surface area contributed by atoms with Gasteiger partial charge in [-0.15, -0.1) is 17.9 Å². The molecule has 8 nitrogen and oxygen atoms in total. The van der Waals surface area contributed by atoms with Gasteiger partial charge in [0.1, 0.15) is 5.60 Å². The Morgan fingerprint density at radius 2 is 2.20 bits per heavy atom. The van der Waals surface area contributed by atoms with E-state index in [1.54, 1.807) is 26.8 Å². The highest BCUT2D eigenvalue weighted by Crippen LogP contribution is 2.32. The molecule has 0 spiro atoms. The summed E-state index contributed by atoms with van der Waals surface area (Å²) in [4.78, 5) is 36.2. The third-order valence-corrected chi connectivity index (χ3v) is 4.42. The Kier molecular flexibility index (Phi) is 6.15. The van der Waals surface area contributed by atoms with Gasteiger partial charge in [-0.3, -0.25) is 4.84 Å². The highest BCUT2D eigenvalue weighted by molar-refractivity contribution is 7.13. The number of carbonyl (C=O) groups excluding carboxylic acids is 2. The Balaban J connectivity index is 2.23. The van der Waals surface area contributed by atoms with Crippen LogP contribution in [0.25, 0.3) is 0 Å². The molecule has 2 heterocycles. The van der Waals surface area contributed by atoms with Gasteiger partial charge in [-0.2, -0.15) is 5.48 Å². The van der Waals surface area contributed by atoms with Gasteiger partial charge in [0.05, 0.1) is 36.9 Å². The molecule has 1 unspecified atom stereocenters. The SMILES string of the molecule is C=CCONC1CN(C(=O)OC(C)(C)C)Cc2nc(C(=O)OC)sc21. The van der Waals surface area contributed by atoms with Crippen LogP contribution in [0.4, 0.5) is 4.79 Å². The van der Waals surface area contributed by atoms with Gasteiger partial charge in [0.25, 0.3) is 0 Å². The molecular formula is C16H23N3O5S. The molecule has 138 valence electrons. The maximum absolute atomic E-state index is 12.4. The van der Waals surface area contributed by atoms with E-state index >= 15 is 0 Å². The van der Waals surface area contributed by atoms with Gasteiger partial charge >= 0.3 is 12.1 Å². The summed E-state index contributed by atoms with van der Waals surface area (Å²) in [6.45, 7) is 9.91. The number of hydroxylamine groups is 1. The normalized spacial score (nSPS) is 17.0. The first-order chi connectivity index (χ1) is 11.7. The van der Waals surface area contributed by atoms with Crippen molar-refractivity contribution < 1.29 is 23.9 Å². The van der Waals surface area contributed by atoms with E-state index in [1.807, 2.05) is 0 Å². The molecular weight excluding hydrogens is 346 g/mol. The van der Waals surface area contributed by atoms with Crippen molar-refractivity contribution in [1.82, 2.24) is 15.4 Å². The average molecular weight is 369 g/mol. The van der Waals surface area contributed by atoms with Crippen molar-refractivity contribution in [1.29, 1.82) is 0 Å². The fourth-order valence-electron chi connectivity index (χ4n) is 2.24. The Labute approximate surface area is 150 Å². The minimum atomic E-state index is -0.598. The van der Waals surface area contributed by atoms with E-state index in [0.717, 1.165) is 4.88 Å². The second-order valence-corrected chi connectivity index (χ2v) is 7.48. The van der Waals surface area contributed by atoms with Crippen molar-refractivity contribution >= 4 is 23.4 Å². The fourth-order valence-corrected chi connectivity index (χ4v) is 3.26. The molecule has 1 amide bonds. The highest BCUT2D eigenvalue weighted by Gasteiger charge is 2.34. The predicted octanol–water partition coefficient (Wildman–Crippen LogP) is 2.43. The number of nitrogens with one attached hydrogen (secondary N) is 1. The Hall–Kier alpha value is -1.97. The van der Waals surface area contributed by atoms with Gasteiger partial charge in [0, 0.05) is 6.54 Å².